The first-order valence-corrected chi connectivity index (χ1v) is 16.3. The van der Waals surface area contributed by atoms with Crippen molar-refractivity contribution in [2.45, 2.75) is 72.1 Å². The number of rotatable bonds is 3. The fourth-order valence-corrected chi connectivity index (χ4v) is 7.61. The number of allylic oxidation sites excluding steroid dienone is 1. The molecule has 0 heteroatoms. The average Bonchev–Trinajstić information content (AvgIpc) is 3.54. The predicted molar refractivity (Wildman–Crippen MR) is 192 cm³/mol. The lowest BCUT2D eigenvalue weighted by Crippen LogP contribution is -2.34. The first-order chi connectivity index (χ1) is 21.4. The van der Waals surface area contributed by atoms with Crippen LogP contribution in [0, 0.1) is 6.92 Å². The zero-order valence-corrected chi connectivity index (χ0v) is 28.0. The minimum Gasteiger partial charge on any atom is -0.0622 e. The average molecular weight is 584 g/mol. The van der Waals surface area contributed by atoms with Gasteiger partial charge in [-0.25, -0.2) is 0 Å². The van der Waals surface area contributed by atoms with Gasteiger partial charge in [-0.3, -0.25) is 0 Å². The summed E-state index contributed by atoms with van der Waals surface area (Å²) >= 11 is 0. The first-order valence-electron chi connectivity index (χ1n) is 16.3. The second-order valence-corrected chi connectivity index (χ2v) is 15.0. The van der Waals surface area contributed by atoms with Crippen LogP contribution in [0.15, 0.2) is 109 Å². The molecule has 0 spiro atoms. The van der Waals surface area contributed by atoms with Crippen LogP contribution in [0.2, 0.25) is 0 Å². The molecule has 223 valence electrons. The minimum absolute atomic E-state index is 0.0683. The van der Waals surface area contributed by atoms with Crippen LogP contribution in [0.25, 0.3) is 28.9 Å². The highest BCUT2D eigenvalue weighted by Gasteiger charge is 2.35. The molecule has 5 aromatic carbocycles. The fraction of sp³-hybridized carbons (Fsp3) is 0.244. The van der Waals surface area contributed by atoms with E-state index in [2.05, 4.69) is 171 Å². The minimum atomic E-state index is -0.131. The van der Waals surface area contributed by atoms with Crippen LogP contribution in [0.1, 0.15) is 104 Å². The normalized spacial score (nSPS) is 15.2. The van der Waals surface area contributed by atoms with Gasteiger partial charge in [0.1, 0.15) is 0 Å². The molecule has 45 heavy (non-hydrogen) atoms. The Morgan fingerprint density at radius 2 is 1.29 bits per heavy atom. The van der Waals surface area contributed by atoms with Crippen LogP contribution in [0.3, 0.4) is 0 Å². The molecule has 1 unspecified atom stereocenters. The molecule has 0 nitrogen and oxygen atoms in total. The van der Waals surface area contributed by atoms with E-state index in [1.54, 1.807) is 0 Å². The maximum atomic E-state index is 4.02. The van der Waals surface area contributed by atoms with Crippen molar-refractivity contribution in [1.29, 1.82) is 0 Å². The van der Waals surface area contributed by atoms with Gasteiger partial charge in [-0.1, -0.05) is 144 Å². The number of aryl methyl sites for hydroxylation is 1. The molecule has 0 heterocycles. The molecule has 0 bridgehead atoms. The summed E-state index contributed by atoms with van der Waals surface area (Å²) in [6, 6.07) is 38.3. The predicted octanol–water partition coefficient (Wildman–Crippen LogP) is 10.1. The van der Waals surface area contributed by atoms with Gasteiger partial charge in [-0.15, -0.1) is 0 Å². The van der Waals surface area contributed by atoms with Crippen LogP contribution >= 0.6 is 0 Å². The maximum absolute atomic E-state index is 4.02. The summed E-state index contributed by atoms with van der Waals surface area (Å²) in [5.41, 5.74) is 17.2. The van der Waals surface area contributed by atoms with Gasteiger partial charge in [0.25, 0.3) is 0 Å². The second-order valence-electron chi connectivity index (χ2n) is 15.0. The molecule has 0 fully saturated rings. The third-order valence-electron chi connectivity index (χ3n) is 9.73. The number of benzene rings is 5. The van der Waals surface area contributed by atoms with Gasteiger partial charge in [0, 0.05) is 5.92 Å². The summed E-state index contributed by atoms with van der Waals surface area (Å²) in [5.74, 6) is 0.166. The number of hydrogen-bond donors (Lipinski definition) is 0. The molecule has 2 aliphatic carbocycles. The largest absolute Gasteiger partial charge is 0.0622 e. The summed E-state index contributed by atoms with van der Waals surface area (Å²) in [6.45, 7) is 18.6. The molecule has 0 aromatic heterocycles. The quantitative estimate of drug-likeness (QED) is 0.194. The molecule has 0 saturated carbocycles. The van der Waals surface area contributed by atoms with Crippen LogP contribution in [-0.4, -0.2) is 0 Å². The van der Waals surface area contributed by atoms with Gasteiger partial charge in [-0.2, -0.15) is 0 Å². The van der Waals surface area contributed by atoms with Gasteiger partial charge >= 0.3 is 0 Å². The van der Waals surface area contributed by atoms with E-state index >= 15 is 0 Å². The van der Waals surface area contributed by atoms with Crippen molar-refractivity contribution in [2.24, 2.45) is 0 Å². The highest BCUT2D eigenvalue weighted by atomic mass is 14.4. The Morgan fingerprint density at radius 3 is 1.89 bits per heavy atom. The summed E-state index contributed by atoms with van der Waals surface area (Å²) in [4.78, 5) is 0. The molecule has 0 N–H and O–H groups in total. The van der Waals surface area contributed by atoms with Crippen molar-refractivity contribution in [1.82, 2.24) is 0 Å². The lowest BCUT2D eigenvalue weighted by atomic mass is 9.73. The third-order valence-corrected chi connectivity index (χ3v) is 9.73. The topological polar surface area (TPSA) is 0 Å². The molecule has 5 aromatic rings. The van der Waals surface area contributed by atoms with Crippen LogP contribution in [0.4, 0.5) is 0 Å². The van der Waals surface area contributed by atoms with Crippen molar-refractivity contribution >= 4 is 17.7 Å². The molecule has 7 rings (SSSR count). The Labute approximate surface area is 269 Å². The van der Waals surface area contributed by atoms with Crippen molar-refractivity contribution in [3.05, 3.63) is 169 Å². The summed E-state index contributed by atoms with van der Waals surface area (Å²) in [6.07, 6.45) is 6.45. The Bertz CT molecular complexity index is 2070. The third kappa shape index (κ3) is 4.92. The summed E-state index contributed by atoms with van der Waals surface area (Å²) < 4.78 is 0. The molecule has 0 aliphatic heterocycles. The van der Waals surface area contributed by atoms with Gasteiger partial charge in [0.05, 0.1) is 0 Å². The Hall–Kier alpha value is -4.42. The van der Waals surface area contributed by atoms with E-state index in [9.17, 15) is 0 Å². The lowest BCUT2D eigenvalue weighted by molar-refractivity contribution is 0.575. The standard InChI is InChI=1S/C45H43/c1-28-16-15-21-35-36(28)24-29(2)40(35)42-38-26-32-25-33(44(3,4)5)22-23-34(32)37(38)27-39(43(42)45(6,7)8)41(30-17-11-9-12-18-30)31-19-13-10-14-20-31/h9-25,27,40H,1-8H3. The Balaban J connectivity index is 1.71. The number of fused-ring (bicyclic) bond motifs is 4. The van der Waals surface area contributed by atoms with Crippen LogP contribution < -0.4 is 10.4 Å². The number of hydrogen-bond acceptors (Lipinski definition) is 0. The van der Waals surface area contributed by atoms with E-state index < -0.39 is 0 Å². The SMILES string of the molecule is CC1=Cc2c(C)cccc2C1c1c(C(C)(C)C)c(=C(c2ccccc2)c2ccccc2)cc2c1=[C]c1cc(C(C)(C)C)ccc1-2. The van der Waals surface area contributed by atoms with Gasteiger partial charge < -0.3 is 0 Å². The van der Waals surface area contributed by atoms with E-state index in [4.69, 9.17) is 0 Å². The molecule has 0 saturated heterocycles. The van der Waals surface area contributed by atoms with E-state index in [0.29, 0.717) is 0 Å². The van der Waals surface area contributed by atoms with Crippen LogP contribution in [0.5, 0.6) is 0 Å². The molecular formula is C45H43. The van der Waals surface area contributed by atoms with Gasteiger partial charge in [0.2, 0.25) is 0 Å². The summed E-state index contributed by atoms with van der Waals surface area (Å²) in [7, 11) is 0. The zero-order valence-electron chi connectivity index (χ0n) is 28.0. The fourth-order valence-electron chi connectivity index (χ4n) is 7.61. The molecule has 0 amide bonds. The van der Waals surface area contributed by atoms with Gasteiger partial charge in [-0.05, 0) is 120 Å². The molecule has 2 aliphatic rings. The summed E-state index contributed by atoms with van der Waals surface area (Å²) in [5, 5.41) is 2.58. The van der Waals surface area contributed by atoms with Crippen LogP contribution in [-0.2, 0) is 10.8 Å². The van der Waals surface area contributed by atoms with Gasteiger partial charge in [0.15, 0.2) is 0 Å². The second kappa shape index (κ2) is 10.6. The monoisotopic (exact) mass is 583 g/mol. The smallest absolute Gasteiger partial charge is 0.0315 e. The molecule has 1 radical (unpaired) electrons. The van der Waals surface area contributed by atoms with E-state index in [1.165, 1.54) is 82.8 Å². The molecule has 1 atom stereocenters. The lowest BCUT2D eigenvalue weighted by Gasteiger charge is -2.30. The van der Waals surface area contributed by atoms with Crippen molar-refractivity contribution < 1.29 is 0 Å². The Kier molecular flexibility index (Phi) is 6.90. The molecular weight excluding hydrogens is 540 g/mol. The van der Waals surface area contributed by atoms with Crippen molar-refractivity contribution in [2.75, 3.05) is 0 Å². The van der Waals surface area contributed by atoms with E-state index in [0.717, 1.165) is 0 Å². The highest BCUT2D eigenvalue weighted by molar-refractivity contribution is 5.88. The Morgan fingerprint density at radius 1 is 0.644 bits per heavy atom. The van der Waals surface area contributed by atoms with Crippen molar-refractivity contribution in [3.8, 4) is 11.1 Å². The van der Waals surface area contributed by atoms with E-state index in [-0.39, 0.29) is 16.7 Å². The van der Waals surface area contributed by atoms with E-state index in [1.807, 2.05) is 0 Å². The first kappa shape index (κ1) is 29.3. The maximum Gasteiger partial charge on any atom is 0.0315 e. The zero-order chi connectivity index (χ0) is 31.7. The van der Waals surface area contributed by atoms with Crippen molar-refractivity contribution in [3.63, 3.8) is 0 Å². The highest BCUT2D eigenvalue weighted by Crippen LogP contribution is 2.45.